The Balaban J connectivity index is 1.62. The first-order valence-electron chi connectivity index (χ1n) is 7.27. The molecule has 0 aromatic heterocycles. The number of rotatable bonds is 5. The summed E-state index contributed by atoms with van der Waals surface area (Å²) in [7, 11) is 0. The Morgan fingerprint density at radius 1 is 1.26 bits per heavy atom. The summed E-state index contributed by atoms with van der Waals surface area (Å²) >= 11 is 0. The van der Waals surface area contributed by atoms with Gasteiger partial charge >= 0.3 is 0 Å². The highest BCUT2D eigenvalue weighted by Crippen LogP contribution is 2.11. The number of amides is 1. The van der Waals surface area contributed by atoms with Gasteiger partial charge in [-0.3, -0.25) is 4.79 Å². The lowest BCUT2D eigenvalue weighted by Crippen LogP contribution is -2.44. The Hall–Kier alpha value is -1.35. The molecule has 2 rings (SSSR count). The molecule has 1 aliphatic heterocycles. The van der Waals surface area contributed by atoms with Gasteiger partial charge in [0.1, 0.15) is 0 Å². The number of aryl methyl sites for hydroxylation is 1. The number of nitrogens with one attached hydrogen (secondary N) is 1. The normalized spacial score (nSPS) is 17.3. The molecule has 0 spiro atoms. The van der Waals surface area contributed by atoms with Gasteiger partial charge in [-0.05, 0) is 37.8 Å². The predicted molar refractivity (Wildman–Crippen MR) is 78.0 cm³/mol. The van der Waals surface area contributed by atoms with Gasteiger partial charge in [0.05, 0.1) is 0 Å². The highest BCUT2D eigenvalue weighted by molar-refractivity contribution is 5.73. The topological polar surface area (TPSA) is 32.3 Å². The summed E-state index contributed by atoms with van der Waals surface area (Å²) in [5.74, 6) is 0.0996. The second kappa shape index (κ2) is 7.29. The Morgan fingerprint density at radius 2 is 1.95 bits per heavy atom. The van der Waals surface area contributed by atoms with Gasteiger partial charge in [0.15, 0.2) is 0 Å². The van der Waals surface area contributed by atoms with Crippen molar-refractivity contribution in [1.82, 2.24) is 10.2 Å². The van der Waals surface area contributed by atoms with Crippen LogP contribution < -0.4 is 5.32 Å². The van der Waals surface area contributed by atoms with E-state index in [2.05, 4.69) is 40.5 Å². The summed E-state index contributed by atoms with van der Waals surface area (Å²) in [6.45, 7) is 4.99. The van der Waals surface area contributed by atoms with Crippen molar-refractivity contribution in [2.24, 2.45) is 0 Å². The van der Waals surface area contributed by atoms with E-state index in [1.165, 1.54) is 18.5 Å². The second-order valence-electron chi connectivity index (χ2n) is 5.41. The van der Waals surface area contributed by atoms with Crippen LogP contribution in [0, 0.1) is 0 Å². The van der Waals surface area contributed by atoms with Crippen molar-refractivity contribution in [2.75, 3.05) is 19.6 Å². The quantitative estimate of drug-likeness (QED) is 0.880. The van der Waals surface area contributed by atoms with E-state index in [-0.39, 0.29) is 5.91 Å². The minimum absolute atomic E-state index is 0.0996. The molecule has 0 aliphatic carbocycles. The maximum absolute atomic E-state index is 11.0. The van der Waals surface area contributed by atoms with Crippen molar-refractivity contribution >= 4 is 5.91 Å². The molecule has 104 valence electrons. The van der Waals surface area contributed by atoms with E-state index in [1.54, 1.807) is 6.92 Å². The van der Waals surface area contributed by atoms with E-state index in [1.807, 2.05) is 0 Å². The molecule has 3 heteroatoms. The molecule has 1 aromatic carbocycles. The van der Waals surface area contributed by atoms with E-state index < -0.39 is 0 Å². The first-order valence-corrected chi connectivity index (χ1v) is 7.27. The predicted octanol–water partition coefficient (Wildman–Crippen LogP) is 2.22. The Kier molecular flexibility index (Phi) is 5.40. The van der Waals surface area contributed by atoms with E-state index in [0.717, 1.165) is 32.4 Å². The summed E-state index contributed by atoms with van der Waals surface area (Å²) < 4.78 is 0. The van der Waals surface area contributed by atoms with Gasteiger partial charge in [0, 0.05) is 26.1 Å². The second-order valence-corrected chi connectivity index (χ2v) is 5.41. The average molecular weight is 260 g/mol. The highest BCUT2D eigenvalue weighted by atomic mass is 16.1. The SMILES string of the molecule is CC(=O)NC1CCN(CCCc2ccccc2)CC1. The number of carbonyl (C=O) groups excluding carboxylic acids is 1. The van der Waals surface area contributed by atoms with Crippen LogP contribution >= 0.6 is 0 Å². The summed E-state index contributed by atoms with van der Waals surface area (Å²) in [6.07, 6.45) is 4.55. The molecular weight excluding hydrogens is 236 g/mol. The molecule has 3 nitrogen and oxygen atoms in total. The monoisotopic (exact) mass is 260 g/mol. The zero-order valence-corrected chi connectivity index (χ0v) is 11.8. The minimum atomic E-state index is 0.0996. The lowest BCUT2D eigenvalue weighted by molar-refractivity contribution is -0.119. The third kappa shape index (κ3) is 5.03. The van der Waals surface area contributed by atoms with Gasteiger partial charge in [-0.15, -0.1) is 0 Å². The summed E-state index contributed by atoms with van der Waals surface area (Å²) in [5, 5.41) is 3.02. The number of piperidine rings is 1. The van der Waals surface area contributed by atoms with Crippen molar-refractivity contribution in [1.29, 1.82) is 0 Å². The summed E-state index contributed by atoms with van der Waals surface area (Å²) in [4.78, 5) is 13.5. The molecule has 0 bridgehead atoms. The number of carbonyl (C=O) groups is 1. The van der Waals surface area contributed by atoms with Crippen LogP contribution in [0.4, 0.5) is 0 Å². The van der Waals surface area contributed by atoms with Crippen LogP contribution in [0.25, 0.3) is 0 Å². The Bertz CT molecular complexity index is 383. The molecule has 1 aromatic rings. The van der Waals surface area contributed by atoms with Gasteiger partial charge in [-0.2, -0.15) is 0 Å². The number of hydrogen-bond donors (Lipinski definition) is 1. The number of nitrogens with zero attached hydrogens (tertiary/aromatic N) is 1. The minimum Gasteiger partial charge on any atom is -0.354 e. The molecule has 1 N–H and O–H groups in total. The maximum Gasteiger partial charge on any atom is 0.217 e. The molecule has 0 saturated carbocycles. The molecule has 0 radical (unpaired) electrons. The van der Waals surface area contributed by atoms with Gasteiger partial charge in [0.2, 0.25) is 5.91 Å². The van der Waals surface area contributed by atoms with Crippen LogP contribution in [0.1, 0.15) is 31.7 Å². The Morgan fingerprint density at radius 3 is 2.58 bits per heavy atom. The van der Waals surface area contributed by atoms with Crippen LogP contribution in [-0.2, 0) is 11.2 Å². The van der Waals surface area contributed by atoms with Gasteiger partial charge < -0.3 is 10.2 Å². The fourth-order valence-electron chi connectivity index (χ4n) is 2.74. The molecular formula is C16H24N2O. The standard InChI is InChI=1S/C16H24N2O/c1-14(19)17-16-9-12-18(13-10-16)11-5-8-15-6-3-2-4-7-15/h2-4,6-7,16H,5,8-13H2,1H3,(H,17,19). The average Bonchev–Trinajstić information content (AvgIpc) is 2.41. The third-order valence-electron chi connectivity index (χ3n) is 3.78. The molecule has 1 heterocycles. The molecule has 0 unspecified atom stereocenters. The molecule has 19 heavy (non-hydrogen) atoms. The fraction of sp³-hybridized carbons (Fsp3) is 0.562. The maximum atomic E-state index is 11.0. The first kappa shape index (κ1) is 14.1. The van der Waals surface area contributed by atoms with E-state index in [9.17, 15) is 4.79 Å². The largest absolute Gasteiger partial charge is 0.354 e. The molecule has 1 amide bonds. The summed E-state index contributed by atoms with van der Waals surface area (Å²) in [6, 6.07) is 11.1. The lowest BCUT2D eigenvalue weighted by atomic mass is 10.0. The van der Waals surface area contributed by atoms with Gasteiger partial charge in [-0.25, -0.2) is 0 Å². The van der Waals surface area contributed by atoms with Crippen molar-refractivity contribution < 1.29 is 4.79 Å². The first-order chi connectivity index (χ1) is 9.24. The molecule has 1 aliphatic rings. The van der Waals surface area contributed by atoms with Crippen molar-refractivity contribution in [3.05, 3.63) is 35.9 Å². The molecule has 1 saturated heterocycles. The molecule has 1 fully saturated rings. The number of benzene rings is 1. The van der Waals surface area contributed by atoms with E-state index in [0.29, 0.717) is 6.04 Å². The van der Waals surface area contributed by atoms with Crippen LogP contribution in [0.5, 0.6) is 0 Å². The highest BCUT2D eigenvalue weighted by Gasteiger charge is 2.18. The third-order valence-corrected chi connectivity index (χ3v) is 3.78. The zero-order valence-electron chi connectivity index (χ0n) is 11.8. The van der Waals surface area contributed by atoms with Gasteiger partial charge in [-0.1, -0.05) is 30.3 Å². The van der Waals surface area contributed by atoms with E-state index >= 15 is 0 Å². The Labute approximate surface area is 116 Å². The lowest BCUT2D eigenvalue weighted by Gasteiger charge is -2.32. The van der Waals surface area contributed by atoms with Crippen LogP contribution in [0.2, 0.25) is 0 Å². The van der Waals surface area contributed by atoms with Crippen LogP contribution in [-0.4, -0.2) is 36.5 Å². The van der Waals surface area contributed by atoms with Crippen LogP contribution in [0.15, 0.2) is 30.3 Å². The fourth-order valence-corrected chi connectivity index (χ4v) is 2.74. The van der Waals surface area contributed by atoms with Crippen LogP contribution in [0.3, 0.4) is 0 Å². The van der Waals surface area contributed by atoms with Crippen molar-refractivity contribution in [3.8, 4) is 0 Å². The number of hydrogen-bond acceptors (Lipinski definition) is 2. The smallest absolute Gasteiger partial charge is 0.217 e. The van der Waals surface area contributed by atoms with Crippen molar-refractivity contribution in [3.63, 3.8) is 0 Å². The zero-order chi connectivity index (χ0) is 13.5. The van der Waals surface area contributed by atoms with Crippen molar-refractivity contribution in [2.45, 2.75) is 38.6 Å². The molecule has 0 atom stereocenters. The van der Waals surface area contributed by atoms with Gasteiger partial charge in [0.25, 0.3) is 0 Å². The van der Waals surface area contributed by atoms with E-state index in [4.69, 9.17) is 0 Å². The number of likely N-dealkylation sites (tertiary alicyclic amines) is 1. The summed E-state index contributed by atoms with van der Waals surface area (Å²) in [5.41, 5.74) is 1.43.